The lowest BCUT2D eigenvalue weighted by Gasteiger charge is -2.48. The molecule has 11 heteroatoms. The predicted octanol–water partition coefficient (Wildman–Crippen LogP) is 3.08. The van der Waals surface area contributed by atoms with Crippen LogP contribution in [0.5, 0.6) is 5.75 Å². The van der Waals surface area contributed by atoms with E-state index in [1.165, 1.54) is 14.1 Å². The smallest absolute Gasteiger partial charge is 0.332 e. The molecular formula is C26H28Br2N4O5. The number of pyridine rings is 1. The Morgan fingerprint density at radius 1 is 1.00 bits per heavy atom. The molecular weight excluding hydrogens is 608 g/mol. The Balaban J connectivity index is 1.55. The fraction of sp³-hybridized carbons (Fsp3) is 0.462. The van der Waals surface area contributed by atoms with Gasteiger partial charge in [-0.05, 0) is 52.0 Å². The highest BCUT2D eigenvalue weighted by molar-refractivity contribution is 9.11. The van der Waals surface area contributed by atoms with Gasteiger partial charge in [-0.1, -0.05) is 22.0 Å². The van der Waals surface area contributed by atoms with Gasteiger partial charge in [-0.15, -0.1) is 0 Å². The molecule has 2 bridgehead atoms. The molecule has 4 amide bonds. The fourth-order valence-corrected chi connectivity index (χ4v) is 7.76. The summed E-state index contributed by atoms with van der Waals surface area (Å²) in [5, 5.41) is 0. The Bertz CT molecular complexity index is 1330. The van der Waals surface area contributed by atoms with E-state index in [0.29, 0.717) is 35.4 Å². The van der Waals surface area contributed by atoms with Gasteiger partial charge in [0.1, 0.15) is 11.2 Å². The number of rotatable bonds is 5. The van der Waals surface area contributed by atoms with E-state index in [9.17, 15) is 19.2 Å². The summed E-state index contributed by atoms with van der Waals surface area (Å²) in [5.74, 6) is -0.158. The molecule has 9 nitrogen and oxygen atoms in total. The van der Waals surface area contributed by atoms with Crippen LogP contribution in [0.25, 0.3) is 0 Å². The molecule has 2 aromatic rings. The number of benzene rings is 1. The Labute approximate surface area is 231 Å². The first-order valence-corrected chi connectivity index (χ1v) is 13.7. The standard InChI is InChI=1S/C26H28Br2N4O5/c1-29-23(34)26(24(35)30(2)25(29)36,10-16-8-18(27)9-19(28)22(16)37-3)14-31-11-15-7-17(13-31)20-5-4-6-21(33)32(20)12-15/h4-6,8-9,15,17H,7,10-14H2,1-3H3/t15-,17+/m1/s1. The molecule has 0 aliphatic carbocycles. The molecule has 37 heavy (non-hydrogen) atoms. The van der Waals surface area contributed by atoms with E-state index in [1.807, 2.05) is 22.8 Å². The Kier molecular flexibility index (Phi) is 6.82. The Morgan fingerprint density at radius 3 is 2.38 bits per heavy atom. The number of aromatic nitrogens is 1. The minimum Gasteiger partial charge on any atom is -0.495 e. The number of likely N-dealkylation sites (tertiary alicyclic amines) is 1. The molecule has 196 valence electrons. The number of carbonyl (C=O) groups excluding carboxylic acids is 3. The number of ether oxygens (including phenoxy) is 1. The summed E-state index contributed by atoms with van der Waals surface area (Å²) < 4.78 is 8.95. The van der Waals surface area contributed by atoms with E-state index in [4.69, 9.17) is 4.74 Å². The highest BCUT2D eigenvalue weighted by atomic mass is 79.9. The van der Waals surface area contributed by atoms with Gasteiger partial charge >= 0.3 is 6.03 Å². The van der Waals surface area contributed by atoms with Crippen LogP contribution in [0.2, 0.25) is 0 Å². The van der Waals surface area contributed by atoms with Crippen molar-refractivity contribution < 1.29 is 19.1 Å². The van der Waals surface area contributed by atoms with Crippen LogP contribution in [0.4, 0.5) is 4.79 Å². The summed E-state index contributed by atoms with van der Waals surface area (Å²) in [7, 11) is 4.38. The lowest BCUT2D eigenvalue weighted by Crippen LogP contribution is -2.67. The molecule has 3 aliphatic rings. The molecule has 2 fully saturated rings. The van der Waals surface area contributed by atoms with Crippen LogP contribution in [0.15, 0.2) is 44.1 Å². The second kappa shape index (κ2) is 9.67. The van der Waals surface area contributed by atoms with Gasteiger partial charge < -0.3 is 14.2 Å². The maximum absolute atomic E-state index is 13.9. The average molecular weight is 636 g/mol. The third kappa shape index (κ3) is 4.34. The van der Waals surface area contributed by atoms with Crippen molar-refractivity contribution in [3.63, 3.8) is 0 Å². The third-order valence-electron chi connectivity index (χ3n) is 7.83. The molecule has 0 N–H and O–H groups in total. The molecule has 3 aliphatic heterocycles. The largest absolute Gasteiger partial charge is 0.495 e. The molecule has 5 rings (SSSR count). The van der Waals surface area contributed by atoms with Crippen molar-refractivity contribution in [3.8, 4) is 5.75 Å². The van der Waals surface area contributed by atoms with E-state index in [-0.39, 0.29) is 30.4 Å². The number of amides is 4. The summed E-state index contributed by atoms with van der Waals surface area (Å²) in [6.45, 7) is 2.04. The molecule has 2 atom stereocenters. The summed E-state index contributed by atoms with van der Waals surface area (Å²) in [4.78, 5) is 57.1. The quantitative estimate of drug-likeness (QED) is 0.469. The van der Waals surface area contributed by atoms with Gasteiger partial charge in [-0.25, -0.2) is 4.79 Å². The van der Waals surface area contributed by atoms with Gasteiger partial charge in [0.05, 0.1) is 11.6 Å². The van der Waals surface area contributed by atoms with Crippen molar-refractivity contribution in [1.29, 1.82) is 0 Å². The van der Waals surface area contributed by atoms with Crippen LogP contribution in [0, 0.1) is 11.3 Å². The van der Waals surface area contributed by atoms with Gasteiger partial charge in [0.2, 0.25) is 11.8 Å². The number of halogens is 2. The first-order valence-electron chi connectivity index (χ1n) is 12.1. The number of hydrogen-bond acceptors (Lipinski definition) is 6. The average Bonchev–Trinajstić information content (AvgIpc) is 2.85. The summed E-state index contributed by atoms with van der Waals surface area (Å²) >= 11 is 7.02. The second-order valence-corrected chi connectivity index (χ2v) is 12.0. The Morgan fingerprint density at radius 2 is 1.70 bits per heavy atom. The maximum atomic E-state index is 13.9. The van der Waals surface area contributed by atoms with Crippen molar-refractivity contribution in [2.24, 2.45) is 11.3 Å². The Hall–Kier alpha value is -2.50. The topological polar surface area (TPSA) is 92.2 Å². The number of piperidine rings is 1. The van der Waals surface area contributed by atoms with Crippen LogP contribution in [0.3, 0.4) is 0 Å². The minimum atomic E-state index is -1.52. The van der Waals surface area contributed by atoms with Crippen molar-refractivity contribution >= 4 is 49.7 Å². The predicted molar refractivity (Wildman–Crippen MR) is 143 cm³/mol. The van der Waals surface area contributed by atoms with Crippen LogP contribution < -0.4 is 10.3 Å². The van der Waals surface area contributed by atoms with E-state index < -0.39 is 23.3 Å². The van der Waals surface area contributed by atoms with Crippen LogP contribution in [0.1, 0.15) is 23.6 Å². The van der Waals surface area contributed by atoms with E-state index >= 15 is 0 Å². The van der Waals surface area contributed by atoms with Crippen molar-refractivity contribution in [1.82, 2.24) is 19.3 Å². The minimum absolute atomic E-state index is 0.00356. The first-order chi connectivity index (χ1) is 17.6. The van der Waals surface area contributed by atoms with Crippen LogP contribution >= 0.6 is 31.9 Å². The lowest BCUT2D eigenvalue weighted by atomic mass is 9.75. The SMILES string of the molecule is COc1c(Br)cc(Br)cc1CC1(CN2C[C@H]3C[C@@H](C2)c2cccc(=O)n2C3)C(=O)N(C)C(=O)N(C)C1=O. The molecule has 4 heterocycles. The van der Waals surface area contributed by atoms with Gasteiger partial charge in [0.15, 0.2) is 0 Å². The van der Waals surface area contributed by atoms with E-state index in [0.717, 1.165) is 26.4 Å². The second-order valence-electron chi connectivity index (χ2n) is 10.2. The van der Waals surface area contributed by atoms with Crippen molar-refractivity contribution in [2.45, 2.75) is 25.3 Å². The number of methoxy groups -OCH3 is 1. The molecule has 1 aromatic heterocycles. The third-order valence-corrected chi connectivity index (χ3v) is 8.88. The highest BCUT2D eigenvalue weighted by Crippen LogP contribution is 2.42. The number of barbiturate groups is 1. The fourth-order valence-electron chi connectivity index (χ4n) is 6.28. The summed E-state index contributed by atoms with van der Waals surface area (Å²) in [6, 6.07) is 8.40. The zero-order valence-corrected chi connectivity index (χ0v) is 24.0. The number of nitrogens with zero attached hydrogens (tertiary/aromatic N) is 4. The van der Waals surface area contributed by atoms with Gasteiger partial charge in [0.25, 0.3) is 5.56 Å². The van der Waals surface area contributed by atoms with Crippen molar-refractivity contribution in [2.75, 3.05) is 40.8 Å². The van der Waals surface area contributed by atoms with Crippen LogP contribution in [-0.2, 0) is 22.6 Å². The highest BCUT2D eigenvalue weighted by Gasteiger charge is 2.57. The summed E-state index contributed by atoms with van der Waals surface area (Å²) in [5.41, 5.74) is 0.151. The molecule has 1 aromatic carbocycles. The number of carbonyl (C=O) groups is 3. The molecule has 0 radical (unpaired) electrons. The molecule has 2 saturated heterocycles. The van der Waals surface area contributed by atoms with Gasteiger partial charge in [-0.2, -0.15) is 0 Å². The first kappa shape index (κ1) is 26.1. The van der Waals surface area contributed by atoms with Gasteiger partial charge in [-0.3, -0.25) is 24.2 Å². The molecule has 0 spiro atoms. The summed E-state index contributed by atoms with van der Waals surface area (Å²) in [6.07, 6.45) is 1.02. The van der Waals surface area contributed by atoms with Crippen molar-refractivity contribution in [3.05, 3.63) is 60.9 Å². The van der Waals surface area contributed by atoms with E-state index in [1.54, 1.807) is 19.2 Å². The van der Waals surface area contributed by atoms with E-state index in [2.05, 4.69) is 36.8 Å². The molecule has 0 saturated carbocycles. The zero-order valence-electron chi connectivity index (χ0n) is 20.9. The zero-order chi connectivity index (χ0) is 26.6. The van der Waals surface area contributed by atoms with Gasteiger partial charge in [0, 0.05) is 68.8 Å². The van der Waals surface area contributed by atoms with Crippen LogP contribution in [-0.4, -0.2) is 78.0 Å². The maximum Gasteiger partial charge on any atom is 0.332 e. The number of fused-ring (bicyclic) bond motifs is 4. The molecule has 0 unspecified atom stereocenters. The number of imide groups is 2. The normalized spacial score (nSPS) is 23.3. The monoisotopic (exact) mass is 634 g/mol. The lowest BCUT2D eigenvalue weighted by molar-refractivity contribution is -0.159. The number of urea groups is 1. The number of hydrogen-bond donors (Lipinski definition) is 0.